The highest BCUT2D eigenvalue weighted by Gasteiger charge is 2.48. The molecule has 3 aliphatic heterocycles. The summed E-state index contributed by atoms with van der Waals surface area (Å²) in [4.78, 5) is 78.6. The van der Waals surface area contributed by atoms with Gasteiger partial charge >= 0.3 is 17.9 Å². The number of alkyl halides is 1. The number of carboxylic acid groups (broad SMARTS) is 1. The van der Waals surface area contributed by atoms with Gasteiger partial charge in [0.05, 0.1) is 66.1 Å². The fourth-order valence-electron chi connectivity index (χ4n) is 12.4. The van der Waals surface area contributed by atoms with Crippen molar-refractivity contribution in [2.45, 2.75) is 115 Å². The number of hydrogen-bond acceptors (Lipinski definition) is 23. The molecule has 9 aromatic rings. The maximum atomic E-state index is 14.7. The molecule has 21 nitrogen and oxygen atoms in total. The SMILES string of the molecule is CC1CC(Cc2nc(Nc3nccs3)ccc2F)(C(=O)O)CCN1Cc1ccncc1F.COC(=O)C1(Cc2nc(Nc3nccs3)ccc2F)CCN(Cc2ccncc2F)C(C)C1.COC(=O)C1(Cc2nc(Nc3nccs3)ccc2F)CCNC(C)C1.Fc1cnccc1CBr. The molecule has 12 rings (SSSR count). The predicted octanol–water partition coefficient (Wildman–Crippen LogP) is 13.6. The number of rotatable bonds is 20. The van der Waals surface area contributed by atoms with E-state index in [0.717, 1.165) is 0 Å². The van der Waals surface area contributed by atoms with Gasteiger partial charge in [-0.15, -0.1) is 34.0 Å². The summed E-state index contributed by atoms with van der Waals surface area (Å²) in [5.41, 5.74) is -0.550. The summed E-state index contributed by atoms with van der Waals surface area (Å²) in [6, 6.07) is 13.5. The monoisotopic (exact) mass is 1490 g/mol. The molecule has 31 heteroatoms. The fraction of sp³-hybridized carbons (Fsp3) is 0.382. The molecular weight excluding hydrogens is 1410 g/mol. The number of piperidine rings is 3. The van der Waals surface area contributed by atoms with Crippen LogP contribution in [-0.4, -0.2) is 130 Å². The molecule has 3 aliphatic rings. The third kappa shape index (κ3) is 19.9. The Labute approximate surface area is 588 Å². The number of aliphatic carboxylic acids is 1. The van der Waals surface area contributed by atoms with Crippen LogP contribution in [0.2, 0.25) is 0 Å². The zero-order chi connectivity index (χ0) is 70.7. The summed E-state index contributed by atoms with van der Waals surface area (Å²) in [5.74, 6) is -2.71. The molecule has 0 saturated carbocycles. The smallest absolute Gasteiger partial charge is 0.312 e. The zero-order valence-corrected chi connectivity index (χ0v) is 58.8. The first-order valence-corrected chi connectivity index (χ1v) is 35.3. The van der Waals surface area contributed by atoms with Crippen molar-refractivity contribution in [1.29, 1.82) is 0 Å². The lowest BCUT2D eigenvalue weighted by Gasteiger charge is -2.44. The summed E-state index contributed by atoms with van der Waals surface area (Å²) >= 11 is 7.36. The molecular formula is C68H74BrF6N15O6S3. The van der Waals surface area contributed by atoms with Crippen molar-refractivity contribution in [3.8, 4) is 0 Å². The molecule has 0 amide bonds. The Morgan fingerprint density at radius 3 is 1.24 bits per heavy atom. The van der Waals surface area contributed by atoms with Crippen molar-refractivity contribution in [2.24, 2.45) is 16.2 Å². The topological polar surface area (TPSA) is 261 Å². The van der Waals surface area contributed by atoms with E-state index in [1.807, 2.05) is 36.4 Å². The van der Waals surface area contributed by atoms with Gasteiger partial charge in [0.25, 0.3) is 0 Å². The maximum Gasteiger partial charge on any atom is 0.312 e. The van der Waals surface area contributed by atoms with Crippen LogP contribution >= 0.6 is 49.9 Å². The van der Waals surface area contributed by atoms with Crippen molar-refractivity contribution in [1.82, 2.24) is 60.0 Å². The number of halogens is 7. The Bertz CT molecular complexity index is 4130. The largest absolute Gasteiger partial charge is 0.481 e. The third-order valence-electron chi connectivity index (χ3n) is 17.6. The number of ether oxygens (including phenoxy) is 2. The minimum atomic E-state index is -1.15. The first-order chi connectivity index (χ1) is 47.6. The fourth-order valence-corrected chi connectivity index (χ4v) is 14.5. The minimum Gasteiger partial charge on any atom is -0.481 e. The first-order valence-electron chi connectivity index (χ1n) is 31.5. The molecule has 0 aromatic carbocycles. The number of carboxylic acids is 1. The van der Waals surface area contributed by atoms with Gasteiger partial charge in [-0.25, -0.2) is 56.2 Å². The summed E-state index contributed by atoms with van der Waals surface area (Å²) < 4.78 is 94.5. The van der Waals surface area contributed by atoms with E-state index in [9.17, 15) is 45.8 Å². The maximum absolute atomic E-state index is 14.7. The molecule has 12 heterocycles. The van der Waals surface area contributed by atoms with Crippen LogP contribution in [0.5, 0.6) is 0 Å². The van der Waals surface area contributed by atoms with Gasteiger partial charge in [0.15, 0.2) is 15.4 Å². The summed E-state index contributed by atoms with van der Waals surface area (Å²) in [5, 5.41) is 30.5. The van der Waals surface area contributed by atoms with Gasteiger partial charge in [-0.2, -0.15) is 0 Å². The quantitative estimate of drug-likeness (QED) is 0.0270. The number of esters is 2. The number of carbonyl (C=O) groups is 3. The number of methoxy groups -OCH3 is 2. The van der Waals surface area contributed by atoms with Gasteiger partial charge < -0.3 is 35.8 Å². The van der Waals surface area contributed by atoms with Crippen LogP contribution in [-0.2, 0) is 61.5 Å². The lowest BCUT2D eigenvalue weighted by molar-refractivity contribution is -0.157. The molecule has 6 unspecified atom stereocenters. The molecule has 5 N–H and O–H groups in total. The molecule has 0 bridgehead atoms. The number of nitrogens with zero attached hydrogens (tertiary/aromatic N) is 11. The van der Waals surface area contributed by atoms with Crippen LogP contribution in [0.4, 0.5) is 59.2 Å². The standard InChI is InChI=1S/C23H25F2N5O2S.C22H23F2N5O2S.C17H21FN4O2S.C6H5BrFN/c1-15-11-23(21(31)32-2,6-9-30(15)14-16-5-7-26-13-18(16)25)12-19-17(24)3-4-20(28-19)29-22-27-8-10-33-22;1-14-10-22(20(30)31,5-8-29(14)13-15-4-6-25-12-17(15)24)11-18-16(23)2-3-19(27-18)28-21-26-7-9-32-21;1-11-9-17(5-6-19-11,15(23)24-2)10-13-12(18)3-4-14(21-13)22-16-20-7-8-25-16;7-3-5-1-2-9-4-6(5)8/h3-5,7-8,10,13,15H,6,9,11-12,14H2,1-2H3,(H,27,28,29);2-4,6-7,9,12,14H,5,8,10-11,13H2,1H3,(H,30,31)(H,26,27,28);3-4,7-8,11,19H,5-6,9-10H2,1-2H3,(H,20,21,22);1-2,4H,3H2. The van der Waals surface area contributed by atoms with E-state index < -0.39 is 39.7 Å². The van der Waals surface area contributed by atoms with Crippen LogP contribution in [0, 0.1) is 51.1 Å². The van der Waals surface area contributed by atoms with E-state index in [2.05, 4.69) is 87.0 Å². The highest BCUT2D eigenvalue weighted by molar-refractivity contribution is 9.08. The average Bonchev–Trinajstić information content (AvgIpc) is 0.798. The number of anilines is 6. The molecule has 0 spiro atoms. The lowest BCUT2D eigenvalue weighted by atomic mass is 9.72. The highest BCUT2D eigenvalue weighted by atomic mass is 79.9. The number of likely N-dealkylation sites (tertiary alicyclic amines) is 2. The van der Waals surface area contributed by atoms with Crippen molar-refractivity contribution in [3.63, 3.8) is 0 Å². The van der Waals surface area contributed by atoms with Crippen LogP contribution < -0.4 is 21.3 Å². The second-order valence-corrected chi connectivity index (χ2v) is 27.6. The van der Waals surface area contributed by atoms with E-state index in [0.29, 0.717) is 126 Å². The first kappa shape index (κ1) is 74.8. The highest BCUT2D eigenvalue weighted by Crippen LogP contribution is 2.43. The van der Waals surface area contributed by atoms with Crippen LogP contribution in [0.25, 0.3) is 0 Å². The molecule has 0 radical (unpaired) electrons. The molecule has 99 heavy (non-hydrogen) atoms. The van der Waals surface area contributed by atoms with Crippen molar-refractivity contribution < 1.29 is 55.3 Å². The molecule has 0 aliphatic carbocycles. The zero-order valence-electron chi connectivity index (χ0n) is 54.7. The Morgan fingerprint density at radius 1 is 0.535 bits per heavy atom. The molecule has 6 atom stereocenters. The van der Waals surface area contributed by atoms with Gasteiger partial charge in [-0.1, -0.05) is 15.9 Å². The second kappa shape index (κ2) is 35.0. The summed E-state index contributed by atoms with van der Waals surface area (Å²) in [6.45, 7) is 8.37. The van der Waals surface area contributed by atoms with E-state index in [4.69, 9.17) is 9.47 Å². The molecule has 9 aromatic heterocycles. The third-order valence-corrected chi connectivity index (χ3v) is 20.3. The Hall–Kier alpha value is -8.46. The minimum absolute atomic E-state index is 0.0245. The van der Waals surface area contributed by atoms with Gasteiger partial charge in [0.2, 0.25) is 0 Å². The number of pyridine rings is 6. The predicted molar refractivity (Wildman–Crippen MR) is 369 cm³/mol. The normalized spacial score (nSPS) is 20.7. The van der Waals surface area contributed by atoms with Crippen molar-refractivity contribution in [2.75, 3.05) is 49.8 Å². The number of aromatic nitrogens is 9. The van der Waals surface area contributed by atoms with Crippen LogP contribution in [0.1, 0.15) is 93.1 Å². The van der Waals surface area contributed by atoms with Crippen molar-refractivity contribution in [3.05, 3.63) is 195 Å². The number of thiazole rings is 3. The number of nitrogens with one attached hydrogen (secondary N) is 4. The summed E-state index contributed by atoms with van der Waals surface area (Å²) in [7, 11) is 2.72. The van der Waals surface area contributed by atoms with Crippen molar-refractivity contribution >= 4 is 101 Å². The van der Waals surface area contributed by atoms with Crippen LogP contribution in [0.3, 0.4) is 0 Å². The molecule has 3 saturated heterocycles. The van der Waals surface area contributed by atoms with E-state index in [1.165, 1.54) is 97.3 Å². The van der Waals surface area contributed by atoms with Crippen LogP contribution in [0.15, 0.2) is 127 Å². The molecule has 524 valence electrons. The van der Waals surface area contributed by atoms with E-state index in [1.54, 1.807) is 66.7 Å². The summed E-state index contributed by atoms with van der Waals surface area (Å²) in [6.07, 6.45) is 16.2. The van der Waals surface area contributed by atoms with E-state index >= 15 is 0 Å². The molecule has 3 fully saturated rings. The Morgan fingerprint density at radius 2 is 0.909 bits per heavy atom. The second-order valence-electron chi connectivity index (χ2n) is 24.3. The lowest BCUT2D eigenvalue weighted by Crippen LogP contribution is -2.50. The average molecular weight is 1490 g/mol. The number of carbonyl (C=O) groups excluding carboxylic acids is 2. The van der Waals surface area contributed by atoms with Gasteiger partial charge in [-0.3, -0.25) is 39.1 Å². The van der Waals surface area contributed by atoms with Gasteiger partial charge in [-0.05, 0) is 134 Å². The number of hydrogen-bond donors (Lipinski definition) is 5. The van der Waals surface area contributed by atoms with Gasteiger partial charge in [0.1, 0.15) is 52.4 Å². The Balaban J connectivity index is 0.000000164. The van der Waals surface area contributed by atoms with Gasteiger partial charge in [0, 0.05) is 126 Å². The van der Waals surface area contributed by atoms with E-state index in [-0.39, 0.29) is 83.9 Å². The Kier molecular flexibility index (Phi) is 26.5.